The smallest absolute Gasteiger partial charge is 0.305 e. The van der Waals surface area contributed by atoms with Gasteiger partial charge in [0.05, 0.1) is 29.7 Å². The highest BCUT2D eigenvalue weighted by Gasteiger charge is 2.69. The number of aromatic amines is 1. The van der Waals surface area contributed by atoms with Crippen LogP contribution in [0.3, 0.4) is 0 Å². The molecule has 2 saturated heterocycles. The SMILES string of the molecule is COc1cc([C@@H]2c3sc(=O)[nH]c3S[C@@H]3[C@@H]4C[C@@H]([C@@H]5C(=O)N(c6ccc(F)cc6)C(=O)[C@@H]45)[C@H]23)ccc1OCC(=O)N1CCCCC1. The van der Waals surface area contributed by atoms with Gasteiger partial charge in [0.15, 0.2) is 18.1 Å². The molecule has 2 aliphatic carbocycles. The standard InChI is InChI=1S/C33H32FN3O6S2/c1-42-22-13-16(5-10-21(22)43-15-23(38)36-11-3-2-4-12-36)24-25-19-14-20(28(25)44-30-29(24)45-33(41)35-30)27-26(19)31(39)37(32(27)40)18-8-6-17(34)7-9-18/h5-10,13,19-20,24-28H,2-4,11-12,14-15H2,1H3,(H,35,41)/t19-,20-,24+,25-,26+,27+,28-/m1/s1. The second-order valence-electron chi connectivity index (χ2n) is 12.6. The predicted molar refractivity (Wildman–Crippen MR) is 166 cm³/mol. The van der Waals surface area contributed by atoms with Crippen LogP contribution in [0.15, 0.2) is 52.3 Å². The van der Waals surface area contributed by atoms with Crippen molar-refractivity contribution < 1.29 is 28.2 Å². The normalized spacial score (nSPS) is 29.9. The number of hydrogen-bond acceptors (Lipinski definition) is 8. The number of nitrogens with one attached hydrogen (secondary N) is 1. The number of carbonyl (C=O) groups excluding carboxylic acids is 3. The Balaban J connectivity index is 1.11. The van der Waals surface area contributed by atoms with E-state index in [1.807, 2.05) is 23.1 Å². The van der Waals surface area contributed by atoms with Crippen molar-refractivity contribution in [1.82, 2.24) is 9.88 Å². The minimum absolute atomic E-state index is 0.0160. The zero-order valence-electron chi connectivity index (χ0n) is 24.6. The number of imide groups is 1. The maximum absolute atomic E-state index is 13.9. The summed E-state index contributed by atoms with van der Waals surface area (Å²) in [5, 5.41) is 0.854. The number of likely N-dealkylation sites (tertiary alicyclic amines) is 1. The number of nitrogens with zero attached hydrogens (tertiary/aromatic N) is 2. The molecule has 12 heteroatoms. The molecule has 2 aromatic carbocycles. The summed E-state index contributed by atoms with van der Waals surface area (Å²) >= 11 is 2.81. The van der Waals surface area contributed by atoms with Gasteiger partial charge in [-0.25, -0.2) is 4.39 Å². The molecule has 1 N–H and O–H groups in total. The first kappa shape index (κ1) is 28.8. The van der Waals surface area contributed by atoms with Crippen molar-refractivity contribution in [2.24, 2.45) is 29.6 Å². The molecule has 8 rings (SSSR count). The third-order valence-corrected chi connectivity index (χ3v) is 13.0. The third-order valence-electron chi connectivity index (χ3n) is 10.4. The van der Waals surface area contributed by atoms with Crippen molar-refractivity contribution in [3.8, 4) is 11.5 Å². The molecule has 3 amide bonds. The summed E-state index contributed by atoms with van der Waals surface area (Å²) in [6.45, 7) is 1.43. The average molecular weight is 650 g/mol. The van der Waals surface area contributed by atoms with Gasteiger partial charge >= 0.3 is 4.87 Å². The van der Waals surface area contributed by atoms with Crippen LogP contribution in [-0.2, 0) is 14.4 Å². The van der Waals surface area contributed by atoms with E-state index >= 15 is 0 Å². The minimum Gasteiger partial charge on any atom is -0.493 e. The van der Waals surface area contributed by atoms with Crippen LogP contribution in [0, 0.1) is 35.4 Å². The Bertz CT molecular complexity index is 1750. The molecular weight excluding hydrogens is 618 g/mol. The fraction of sp³-hybridized carbons (Fsp3) is 0.455. The lowest BCUT2D eigenvalue weighted by Crippen LogP contribution is -2.42. The van der Waals surface area contributed by atoms with Crippen molar-refractivity contribution in [2.45, 2.75) is 41.9 Å². The number of amides is 3. The molecule has 234 valence electrons. The highest BCUT2D eigenvalue weighted by atomic mass is 32.2. The van der Waals surface area contributed by atoms with Gasteiger partial charge in [-0.15, -0.1) is 11.8 Å². The predicted octanol–water partition coefficient (Wildman–Crippen LogP) is 4.65. The number of anilines is 1. The van der Waals surface area contributed by atoms with Gasteiger partial charge in [-0.2, -0.15) is 0 Å². The zero-order valence-corrected chi connectivity index (χ0v) is 26.2. The van der Waals surface area contributed by atoms with Gasteiger partial charge < -0.3 is 19.4 Å². The van der Waals surface area contributed by atoms with Gasteiger partial charge in [0.2, 0.25) is 11.8 Å². The van der Waals surface area contributed by atoms with Crippen LogP contribution in [0.1, 0.15) is 42.0 Å². The van der Waals surface area contributed by atoms with Crippen LogP contribution in [-0.4, -0.2) is 59.7 Å². The molecule has 3 aliphatic heterocycles. The number of fused-ring (bicyclic) bond motifs is 9. The third kappa shape index (κ3) is 4.54. The first-order chi connectivity index (χ1) is 21.8. The van der Waals surface area contributed by atoms with Crippen LogP contribution in [0.2, 0.25) is 0 Å². The second-order valence-corrected chi connectivity index (χ2v) is 14.8. The molecule has 1 aromatic heterocycles. The van der Waals surface area contributed by atoms with Crippen molar-refractivity contribution in [3.63, 3.8) is 0 Å². The Kier molecular flexibility index (Phi) is 7.05. The lowest BCUT2D eigenvalue weighted by Gasteiger charge is -2.43. The molecule has 4 heterocycles. The minimum atomic E-state index is -0.459. The van der Waals surface area contributed by atoms with Crippen molar-refractivity contribution in [1.29, 1.82) is 0 Å². The van der Waals surface area contributed by atoms with E-state index < -0.39 is 17.7 Å². The molecule has 45 heavy (non-hydrogen) atoms. The van der Waals surface area contributed by atoms with E-state index in [0.29, 0.717) is 17.2 Å². The first-order valence-corrected chi connectivity index (χ1v) is 17.1. The number of rotatable bonds is 6. The van der Waals surface area contributed by atoms with E-state index in [9.17, 15) is 23.6 Å². The number of benzene rings is 2. The largest absolute Gasteiger partial charge is 0.493 e. The van der Waals surface area contributed by atoms with Crippen LogP contribution in [0.5, 0.6) is 11.5 Å². The summed E-state index contributed by atoms with van der Waals surface area (Å²) in [5.74, 6) is -1.10. The van der Waals surface area contributed by atoms with E-state index in [0.717, 1.165) is 54.2 Å². The van der Waals surface area contributed by atoms with E-state index in [-0.39, 0.29) is 58.1 Å². The van der Waals surface area contributed by atoms with Crippen LogP contribution < -0.4 is 19.2 Å². The van der Waals surface area contributed by atoms with Crippen molar-refractivity contribution >= 4 is 46.5 Å². The summed E-state index contributed by atoms with van der Waals surface area (Å²) in [6.07, 6.45) is 3.91. The Morgan fingerprint density at radius 1 is 0.978 bits per heavy atom. The number of thiazole rings is 1. The van der Waals surface area contributed by atoms with Gasteiger partial charge in [0, 0.05) is 29.1 Å². The molecule has 7 atom stereocenters. The molecule has 0 unspecified atom stereocenters. The van der Waals surface area contributed by atoms with Crippen molar-refractivity contribution in [3.05, 3.63) is 68.4 Å². The van der Waals surface area contributed by atoms with E-state index in [1.54, 1.807) is 18.9 Å². The number of thioether (sulfide) groups is 1. The molecule has 5 aliphatic rings. The number of aromatic nitrogens is 1. The van der Waals surface area contributed by atoms with Crippen LogP contribution in [0.4, 0.5) is 10.1 Å². The monoisotopic (exact) mass is 649 g/mol. The van der Waals surface area contributed by atoms with Gasteiger partial charge in [0.25, 0.3) is 5.91 Å². The number of H-pyrrole nitrogens is 1. The number of hydrogen-bond donors (Lipinski definition) is 1. The molecule has 4 fully saturated rings. The van der Waals surface area contributed by atoms with Crippen LogP contribution >= 0.6 is 23.1 Å². The Morgan fingerprint density at radius 2 is 1.71 bits per heavy atom. The second kappa shape index (κ2) is 11.0. The number of ether oxygens (including phenoxy) is 2. The highest BCUT2D eigenvalue weighted by molar-refractivity contribution is 8.00. The number of piperidine rings is 1. The van der Waals surface area contributed by atoms with Crippen molar-refractivity contribution in [2.75, 3.05) is 31.7 Å². The molecule has 9 nitrogen and oxygen atoms in total. The number of halogens is 1. The fourth-order valence-electron chi connectivity index (χ4n) is 8.61. The van der Waals surface area contributed by atoms with E-state index in [4.69, 9.17) is 9.47 Å². The highest BCUT2D eigenvalue weighted by Crippen LogP contribution is 2.68. The van der Waals surface area contributed by atoms with Crippen LogP contribution in [0.25, 0.3) is 0 Å². The van der Waals surface area contributed by atoms with Gasteiger partial charge in [-0.1, -0.05) is 17.4 Å². The van der Waals surface area contributed by atoms with Gasteiger partial charge in [-0.05, 0) is 85.4 Å². The molecular formula is C33H32FN3O6S2. The Hall–Kier alpha value is -3.64. The van der Waals surface area contributed by atoms with E-state index in [2.05, 4.69) is 4.98 Å². The molecule has 0 spiro atoms. The maximum atomic E-state index is 13.9. The number of methoxy groups -OCH3 is 1. The summed E-state index contributed by atoms with van der Waals surface area (Å²) < 4.78 is 25.3. The quantitative estimate of drug-likeness (QED) is 0.387. The maximum Gasteiger partial charge on any atom is 0.305 e. The lowest BCUT2D eigenvalue weighted by atomic mass is 9.68. The van der Waals surface area contributed by atoms with Gasteiger partial charge in [0.1, 0.15) is 5.82 Å². The lowest BCUT2D eigenvalue weighted by molar-refractivity contribution is -0.134. The fourth-order valence-corrected chi connectivity index (χ4v) is 11.5. The summed E-state index contributed by atoms with van der Waals surface area (Å²) in [5.41, 5.74) is 1.33. The molecule has 2 bridgehead atoms. The summed E-state index contributed by atoms with van der Waals surface area (Å²) in [6, 6.07) is 11.2. The Labute approximate surface area is 267 Å². The molecule has 3 aromatic rings. The first-order valence-electron chi connectivity index (χ1n) is 15.5. The summed E-state index contributed by atoms with van der Waals surface area (Å²) in [7, 11) is 1.56. The molecule has 2 saturated carbocycles. The Morgan fingerprint density at radius 3 is 2.44 bits per heavy atom. The topological polar surface area (TPSA) is 109 Å². The molecule has 0 radical (unpaired) electrons. The van der Waals surface area contributed by atoms with E-state index in [1.165, 1.54) is 40.5 Å². The van der Waals surface area contributed by atoms with Gasteiger partial charge in [-0.3, -0.25) is 24.1 Å². The average Bonchev–Trinajstić information content (AvgIpc) is 3.79. The number of carbonyl (C=O) groups is 3. The summed E-state index contributed by atoms with van der Waals surface area (Å²) in [4.78, 5) is 60.0. The zero-order chi connectivity index (χ0) is 31.0.